The molecule has 1 aliphatic rings. The standard InChI is InChI=1S/C14H23N3O/c1-16-6-4-5-12(10-16)17(2)13-7-11(15)8-14(9-13)18-3/h7-9,12H,4-6,10,15H2,1-3H3. The van der Waals surface area contributed by atoms with Gasteiger partial charge in [-0.2, -0.15) is 0 Å². The second-order valence-electron chi connectivity index (χ2n) is 5.13. The Balaban J connectivity index is 2.16. The zero-order chi connectivity index (χ0) is 13.1. The molecule has 1 aromatic carbocycles. The van der Waals surface area contributed by atoms with Crippen LogP contribution >= 0.6 is 0 Å². The van der Waals surface area contributed by atoms with Crippen molar-refractivity contribution in [3.05, 3.63) is 18.2 Å². The molecule has 4 nitrogen and oxygen atoms in total. The summed E-state index contributed by atoms with van der Waals surface area (Å²) in [4.78, 5) is 4.70. The van der Waals surface area contributed by atoms with Gasteiger partial charge in [-0.1, -0.05) is 0 Å². The summed E-state index contributed by atoms with van der Waals surface area (Å²) in [6.07, 6.45) is 2.49. The number of hydrogen-bond donors (Lipinski definition) is 1. The molecule has 0 bridgehead atoms. The van der Waals surface area contributed by atoms with E-state index < -0.39 is 0 Å². The summed E-state index contributed by atoms with van der Waals surface area (Å²) >= 11 is 0. The smallest absolute Gasteiger partial charge is 0.122 e. The van der Waals surface area contributed by atoms with Gasteiger partial charge >= 0.3 is 0 Å². The molecule has 2 N–H and O–H groups in total. The highest BCUT2D eigenvalue weighted by atomic mass is 16.5. The number of likely N-dealkylation sites (N-methyl/N-ethyl adjacent to an activating group) is 2. The van der Waals surface area contributed by atoms with E-state index >= 15 is 0 Å². The molecule has 0 aliphatic carbocycles. The zero-order valence-electron chi connectivity index (χ0n) is 11.5. The molecule has 0 saturated carbocycles. The quantitative estimate of drug-likeness (QED) is 0.830. The molecule has 4 heteroatoms. The number of anilines is 2. The third kappa shape index (κ3) is 2.88. The summed E-state index contributed by atoms with van der Waals surface area (Å²) < 4.78 is 5.28. The minimum Gasteiger partial charge on any atom is -0.497 e. The maximum absolute atomic E-state index is 5.91. The van der Waals surface area contributed by atoms with Crippen LogP contribution in [0.15, 0.2) is 18.2 Å². The van der Waals surface area contributed by atoms with Crippen molar-refractivity contribution in [2.75, 3.05) is 44.9 Å². The Bertz CT molecular complexity index is 408. The summed E-state index contributed by atoms with van der Waals surface area (Å²) in [5.41, 5.74) is 7.79. The lowest BCUT2D eigenvalue weighted by atomic mass is 10.0. The van der Waals surface area contributed by atoms with Crippen molar-refractivity contribution in [1.82, 2.24) is 4.90 Å². The fourth-order valence-corrected chi connectivity index (χ4v) is 2.59. The van der Waals surface area contributed by atoms with Crippen LogP contribution in [0.3, 0.4) is 0 Å². The summed E-state index contributed by atoms with van der Waals surface area (Å²) in [5, 5.41) is 0. The molecule has 0 amide bonds. The van der Waals surface area contributed by atoms with Crippen molar-refractivity contribution in [3.8, 4) is 5.75 Å². The third-order valence-electron chi connectivity index (χ3n) is 3.70. The lowest BCUT2D eigenvalue weighted by molar-refractivity contribution is 0.248. The molecular weight excluding hydrogens is 226 g/mol. The number of likely N-dealkylation sites (tertiary alicyclic amines) is 1. The molecule has 1 aromatic rings. The normalized spacial score (nSPS) is 20.7. The Morgan fingerprint density at radius 2 is 2.17 bits per heavy atom. The molecule has 0 aromatic heterocycles. The Labute approximate surface area is 109 Å². The van der Waals surface area contributed by atoms with Crippen LogP contribution in [0.5, 0.6) is 5.75 Å². The average molecular weight is 249 g/mol. The van der Waals surface area contributed by atoms with E-state index in [-0.39, 0.29) is 0 Å². The highest BCUT2D eigenvalue weighted by molar-refractivity contribution is 5.60. The first-order chi connectivity index (χ1) is 8.60. The van der Waals surface area contributed by atoms with Crippen LogP contribution < -0.4 is 15.4 Å². The Morgan fingerprint density at radius 1 is 1.39 bits per heavy atom. The average Bonchev–Trinajstić information content (AvgIpc) is 2.37. The Morgan fingerprint density at radius 3 is 2.83 bits per heavy atom. The highest BCUT2D eigenvalue weighted by Crippen LogP contribution is 2.27. The molecule has 100 valence electrons. The van der Waals surface area contributed by atoms with Crippen LogP contribution in [0.1, 0.15) is 12.8 Å². The van der Waals surface area contributed by atoms with Gasteiger partial charge in [0.1, 0.15) is 5.75 Å². The summed E-state index contributed by atoms with van der Waals surface area (Å²) in [7, 11) is 5.99. The number of piperidine rings is 1. The summed E-state index contributed by atoms with van der Waals surface area (Å²) in [5.74, 6) is 0.820. The number of nitrogens with zero attached hydrogens (tertiary/aromatic N) is 2. The van der Waals surface area contributed by atoms with Crippen LogP contribution in [-0.2, 0) is 0 Å². The molecule has 1 atom stereocenters. The maximum Gasteiger partial charge on any atom is 0.122 e. The fourth-order valence-electron chi connectivity index (χ4n) is 2.59. The first kappa shape index (κ1) is 13.0. The van der Waals surface area contributed by atoms with Gasteiger partial charge in [-0.15, -0.1) is 0 Å². The van der Waals surface area contributed by atoms with Crippen molar-refractivity contribution in [1.29, 1.82) is 0 Å². The van der Waals surface area contributed by atoms with E-state index in [0.29, 0.717) is 6.04 Å². The van der Waals surface area contributed by atoms with Crippen molar-refractivity contribution < 1.29 is 4.74 Å². The largest absolute Gasteiger partial charge is 0.497 e. The number of rotatable bonds is 3. The lowest BCUT2D eigenvalue weighted by Gasteiger charge is -2.37. The molecule has 0 radical (unpaired) electrons. The minimum absolute atomic E-state index is 0.551. The van der Waals surface area contributed by atoms with Gasteiger partial charge < -0.3 is 20.3 Å². The number of nitrogens with two attached hydrogens (primary N) is 1. The predicted octanol–water partition coefficient (Wildman–Crippen LogP) is 1.81. The van der Waals surface area contributed by atoms with Gasteiger partial charge in [0.2, 0.25) is 0 Å². The van der Waals surface area contributed by atoms with Crippen molar-refractivity contribution in [2.45, 2.75) is 18.9 Å². The van der Waals surface area contributed by atoms with Gasteiger partial charge in [0, 0.05) is 43.1 Å². The summed E-state index contributed by atoms with van der Waals surface area (Å²) in [6, 6.07) is 6.46. The van der Waals surface area contributed by atoms with Gasteiger partial charge in [-0.05, 0) is 32.5 Å². The maximum atomic E-state index is 5.91. The molecule has 2 rings (SSSR count). The van der Waals surface area contributed by atoms with E-state index in [1.807, 2.05) is 18.2 Å². The van der Waals surface area contributed by atoms with E-state index in [4.69, 9.17) is 10.5 Å². The number of benzene rings is 1. The van der Waals surface area contributed by atoms with Crippen LogP contribution in [0.4, 0.5) is 11.4 Å². The van der Waals surface area contributed by atoms with Crippen molar-refractivity contribution in [3.63, 3.8) is 0 Å². The van der Waals surface area contributed by atoms with Crippen LogP contribution in [-0.4, -0.2) is 45.2 Å². The number of ether oxygens (including phenoxy) is 1. The van der Waals surface area contributed by atoms with Crippen molar-refractivity contribution >= 4 is 11.4 Å². The number of nitrogen functional groups attached to an aromatic ring is 1. The second kappa shape index (κ2) is 5.48. The topological polar surface area (TPSA) is 41.7 Å². The number of hydrogen-bond acceptors (Lipinski definition) is 4. The van der Waals surface area contributed by atoms with E-state index in [1.54, 1.807) is 7.11 Å². The Hall–Kier alpha value is -1.42. The molecule has 1 saturated heterocycles. The van der Waals surface area contributed by atoms with Crippen molar-refractivity contribution in [2.24, 2.45) is 0 Å². The molecule has 18 heavy (non-hydrogen) atoms. The molecule has 1 fully saturated rings. The Kier molecular flexibility index (Phi) is 3.97. The monoisotopic (exact) mass is 249 g/mol. The molecule has 0 spiro atoms. The van der Waals surface area contributed by atoms with E-state index in [0.717, 1.165) is 23.7 Å². The first-order valence-corrected chi connectivity index (χ1v) is 6.46. The van der Waals surface area contributed by atoms with Crippen LogP contribution in [0.2, 0.25) is 0 Å². The zero-order valence-corrected chi connectivity index (χ0v) is 11.5. The van der Waals surface area contributed by atoms with Gasteiger partial charge in [0.15, 0.2) is 0 Å². The van der Waals surface area contributed by atoms with Gasteiger partial charge in [-0.25, -0.2) is 0 Å². The highest BCUT2D eigenvalue weighted by Gasteiger charge is 2.21. The molecular formula is C14H23N3O. The molecule has 1 unspecified atom stereocenters. The lowest BCUT2D eigenvalue weighted by Crippen LogP contribution is -2.45. The SMILES string of the molecule is COc1cc(N)cc(N(C)C2CCCN(C)C2)c1. The van der Waals surface area contributed by atoms with Crippen LogP contribution in [0, 0.1) is 0 Å². The first-order valence-electron chi connectivity index (χ1n) is 6.46. The van der Waals surface area contributed by atoms with Gasteiger partial charge in [0.25, 0.3) is 0 Å². The summed E-state index contributed by atoms with van der Waals surface area (Å²) in [6.45, 7) is 2.30. The minimum atomic E-state index is 0.551. The van der Waals surface area contributed by atoms with Crippen LogP contribution in [0.25, 0.3) is 0 Å². The molecule has 1 heterocycles. The van der Waals surface area contributed by atoms with E-state index in [2.05, 4.69) is 23.9 Å². The predicted molar refractivity (Wildman–Crippen MR) is 76.3 cm³/mol. The van der Waals surface area contributed by atoms with E-state index in [9.17, 15) is 0 Å². The number of methoxy groups -OCH3 is 1. The molecule has 1 aliphatic heterocycles. The van der Waals surface area contributed by atoms with Gasteiger partial charge in [0.05, 0.1) is 7.11 Å². The fraction of sp³-hybridized carbons (Fsp3) is 0.571. The van der Waals surface area contributed by atoms with E-state index in [1.165, 1.54) is 19.4 Å². The third-order valence-corrected chi connectivity index (χ3v) is 3.70. The second-order valence-corrected chi connectivity index (χ2v) is 5.13. The van der Waals surface area contributed by atoms with Gasteiger partial charge in [-0.3, -0.25) is 0 Å².